The predicted octanol–water partition coefficient (Wildman–Crippen LogP) is 3.72. The van der Waals surface area contributed by atoms with E-state index < -0.39 is 23.3 Å². The van der Waals surface area contributed by atoms with Crippen molar-refractivity contribution in [3.05, 3.63) is 71.5 Å². The van der Waals surface area contributed by atoms with Crippen LogP contribution in [0.15, 0.2) is 54.7 Å². The number of aryl methyl sites for hydroxylation is 1. The Labute approximate surface area is 199 Å². The Kier molecular flexibility index (Phi) is 7.17. The monoisotopic (exact) mass is 487 g/mol. The molecule has 11 heteroatoms. The van der Waals surface area contributed by atoms with Crippen LogP contribution in [-0.2, 0) is 15.7 Å². The fourth-order valence-electron chi connectivity index (χ4n) is 3.67. The van der Waals surface area contributed by atoms with E-state index in [0.717, 1.165) is 11.8 Å². The van der Waals surface area contributed by atoms with Crippen molar-refractivity contribution in [2.75, 3.05) is 43.5 Å². The van der Waals surface area contributed by atoms with Crippen molar-refractivity contribution in [3.8, 4) is 5.69 Å². The first-order chi connectivity index (χ1) is 16.7. The van der Waals surface area contributed by atoms with E-state index in [2.05, 4.69) is 15.7 Å². The first kappa shape index (κ1) is 24.4. The molecule has 0 spiro atoms. The van der Waals surface area contributed by atoms with Crippen LogP contribution in [0, 0.1) is 6.92 Å². The number of hydrogen-bond donors (Lipinski definition) is 2. The largest absolute Gasteiger partial charge is 0.434 e. The first-order valence-electron chi connectivity index (χ1n) is 10.9. The molecule has 2 heterocycles. The molecule has 35 heavy (non-hydrogen) atoms. The van der Waals surface area contributed by atoms with E-state index in [0.29, 0.717) is 36.7 Å². The maximum absolute atomic E-state index is 13.9. The van der Waals surface area contributed by atoms with Crippen molar-refractivity contribution >= 4 is 23.2 Å². The molecule has 1 fully saturated rings. The summed E-state index contributed by atoms with van der Waals surface area (Å²) in [6.45, 7) is 4.57. The summed E-state index contributed by atoms with van der Waals surface area (Å²) >= 11 is 0. The molecule has 2 amide bonds. The quantitative estimate of drug-likeness (QED) is 0.553. The van der Waals surface area contributed by atoms with Crippen LogP contribution >= 0.6 is 0 Å². The van der Waals surface area contributed by atoms with Gasteiger partial charge in [0.2, 0.25) is 5.91 Å². The molecule has 1 aromatic heterocycles. The third-order valence-electron chi connectivity index (χ3n) is 5.46. The normalized spacial score (nSPS) is 14.5. The number of nitrogens with zero attached hydrogens (tertiary/aromatic N) is 3. The lowest BCUT2D eigenvalue weighted by atomic mass is 10.2. The number of alkyl halides is 3. The number of morpholine rings is 1. The van der Waals surface area contributed by atoms with Crippen LogP contribution in [0.25, 0.3) is 5.69 Å². The maximum atomic E-state index is 13.9. The standard InChI is InChI=1S/C24H24F3N5O3/c1-16-2-8-19(9-3-16)32-22(24(25,26)27)20(14-28-32)23(34)30-18-6-4-17(5-7-18)29-21(33)15-31-10-12-35-13-11-31/h2-9,14H,10-13,15H2,1H3,(H,29,33)(H,30,34). The number of nitrogens with one attached hydrogen (secondary N) is 2. The highest BCUT2D eigenvalue weighted by Crippen LogP contribution is 2.34. The molecule has 0 bridgehead atoms. The minimum absolute atomic E-state index is 0.193. The van der Waals surface area contributed by atoms with Crippen LogP contribution in [0.5, 0.6) is 0 Å². The lowest BCUT2D eigenvalue weighted by Gasteiger charge is -2.25. The van der Waals surface area contributed by atoms with Crippen molar-refractivity contribution in [1.29, 1.82) is 0 Å². The highest BCUT2D eigenvalue weighted by atomic mass is 19.4. The number of anilines is 2. The van der Waals surface area contributed by atoms with E-state index >= 15 is 0 Å². The van der Waals surface area contributed by atoms with E-state index in [-0.39, 0.29) is 23.8 Å². The zero-order chi connectivity index (χ0) is 25.0. The number of ether oxygens (including phenoxy) is 1. The van der Waals surface area contributed by atoms with Gasteiger partial charge in [-0.2, -0.15) is 18.3 Å². The summed E-state index contributed by atoms with van der Waals surface area (Å²) in [6, 6.07) is 12.5. The molecule has 2 aromatic carbocycles. The lowest BCUT2D eigenvalue weighted by molar-refractivity contribution is -0.143. The molecule has 0 unspecified atom stereocenters. The average Bonchev–Trinajstić information content (AvgIpc) is 3.28. The Balaban J connectivity index is 1.45. The summed E-state index contributed by atoms with van der Waals surface area (Å²) in [6.07, 6.45) is -3.90. The zero-order valence-corrected chi connectivity index (χ0v) is 18.9. The maximum Gasteiger partial charge on any atom is 0.434 e. The molecular formula is C24H24F3N5O3. The van der Waals surface area contributed by atoms with Crippen LogP contribution in [0.1, 0.15) is 21.6 Å². The van der Waals surface area contributed by atoms with Crippen LogP contribution in [-0.4, -0.2) is 59.3 Å². The summed E-state index contributed by atoms with van der Waals surface area (Å²) in [5, 5.41) is 9.04. The SMILES string of the molecule is Cc1ccc(-n2ncc(C(=O)Nc3ccc(NC(=O)CN4CCOCC4)cc3)c2C(F)(F)F)cc1. The number of aromatic nitrogens is 2. The van der Waals surface area contributed by atoms with Gasteiger partial charge in [-0.05, 0) is 43.3 Å². The van der Waals surface area contributed by atoms with Gasteiger partial charge in [0.25, 0.3) is 5.91 Å². The molecule has 4 rings (SSSR count). The molecule has 8 nitrogen and oxygen atoms in total. The average molecular weight is 487 g/mol. The first-order valence-corrected chi connectivity index (χ1v) is 10.9. The summed E-state index contributed by atoms with van der Waals surface area (Å²) in [7, 11) is 0. The molecule has 184 valence electrons. The smallest absolute Gasteiger partial charge is 0.379 e. The fraction of sp³-hybridized carbons (Fsp3) is 0.292. The molecule has 0 atom stereocenters. The number of rotatable bonds is 6. The zero-order valence-electron chi connectivity index (χ0n) is 18.9. The van der Waals surface area contributed by atoms with Crippen LogP contribution in [0.4, 0.5) is 24.5 Å². The van der Waals surface area contributed by atoms with Gasteiger partial charge in [-0.3, -0.25) is 14.5 Å². The number of halogens is 3. The van der Waals surface area contributed by atoms with Gasteiger partial charge in [0.05, 0.1) is 37.2 Å². The Morgan fingerprint density at radius 1 is 0.971 bits per heavy atom. The molecule has 1 aliphatic heterocycles. The molecule has 3 aromatic rings. The van der Waals surface area contributed by atoms with E-state index in [4.69, 9.17) is 4.74 Å². The van der Waals surface area contributed by atoms with Crippen LogP contribution in [0.2, 0.25) is 0 Å². The van der Waals surface area contributed by atoms with Crippen molar-refractivity contribution in [2.45, 2.75) is 13.1 Å². The van der Waals surface area contributed by atoms with Crippen LogP contribution < -0.4 is 10.6 Å². The van der Waals surface area contributed by atoms with Crippen molar-refractivity contribution < 1.29 is 27.5 Å². The number of benzene rings is 2. The van der Waals surface area contributed by atoms with Gasteiger partial charge in [0.1, 0.15) is 0 Å². The Hall–Kier alpha value is -3.70. The summed E-state index contributed by atoms with van der Waals surface area (Å²) in [4.78, 5) is 26.9. The van der Waals surface area contributed by atoms with Gasteiger partial charge in [-0.25, -0.2) is 4.68 Å². The third kappa shape index (κ3) is 6.06. The minimum atomic E-state index is -4.80. The second kappa shape index (κ2) is 10.3. The number of carbonyl (C=O) groups is 2. The van der Waals surface area contributed by atoms with E-state index in [1.165, 1.54) is 24.3 Å². The Morgan fingerprint density at radius 3 is 2.17 bits per heavy atom. The molecule has 1 aliphatic rings. The summed E-state index contributed by atoms with van der Waals surface area (Å²) < 4.78 is 47.5. The van der Waals surface area contributed by atoms with Gasteiger partial charge in [0, 0.05) is 24.5 Å². The van der Waals surface area contributed by atoms with E-state index in [1.807, 2.05) is 11.8 Å². The van der Waals surface area contributed by atoms with Gasteiger partial charge in [-0.1, -0.05) is 17.7 Å². The topological polar surface area (TPSA) is 88.5 Å². The molecule has 0 saturated carbocycles. The molecule has 2 N–H and O–H groups in total. The summed E-state index contributed by atoms with van der Waals surface area (Å²) in [5.41, 5.74) is 0.0981. The third-order valence-corrected chi connectivity index (χ3v) is 5.46. The lowest BCUT2D eigenvalue weighted by Crippen LogP contribution is -2.41. The molecular weight excluding hydrogens is 463 g/mol. The van der Waals surface area contributed by atoms with Gasteiger partial charge >= 0.3 is 6.18 Å². The number of amides is 2. The molecule has 1 saturated heterocycles. The summed E-state index contributed by atoms with van der Waals surface area (Å²) in [5.74, 6) is -1.14. The van der Waals surface area contributed by atoms with Crippen molar-refractivity contribution in [3.63, 3.8) is 0 Å². The van der Waals surface area contributed by atoms with E-state index in [1.54, 1.807) is 24.3 Å². The minimum Gasteiger partial charge on any atom is -0.379 e. The van der Waals surface area contributed by atoms with Crippen molar-refractivity contribution in [1.82, 2.24) is 14.7 Å². The van der Waals surface area contributed by atoms with Gasteiger partial charge in [0.15, 0.2) is 5.69 Å². The second-order valence-corrected chi connectivity index (χ2v) is 8.12. The molecule has 0 aliphatic carbocycles. The Morgan fingerprint density at radius 2 is 1.57 bits per heavy atom. The van der Waals surface area contributed by atoms with E-state index in [9.17, 15) is 22.8 Å². The predicted molar refractivity (Wildman–Crippen MR) is 124 cm³/mol. The fourth-order valence-corrected chi connectivity index (χ4v) is 3.67. The van der Waals surface area contributed by atoms with Crippen molar-refractivity contribution in [2.24, 2.45) is 0 Å². The Bertz CT molecular complexity index is 1180. The second-order valence-electron chi connectivity index (χ2n) is 8.12. The number of hydrogen-bond acceptors (Lipinski definition) is 5. The highest BCUT2D eigenvalue weighted by molar-refractivity contribution is 6.05. The highest BCUT2D eigenvalue weighted by Gasteiger charge is 2.40. The molecule has 0 radical (unpaired) electrons. The number of carbonyl (C=O) groups excluding carboxylic acids is 2. The van der Waals surface area contributed by atoms with Crippen LogP contribution in [0.3, 0.4) is 0 Å². The van der Waals surface area contributed by atoms with Gasteiger partial charge in [-0.15, -0.1) is 0 Å². The van der Waals surface area contributed by atoms with Gasteiger partial charge < -0.3 is 15.4 Å².